The van der Waals surface area contributed by atoms with Crippen molar-refractivity contribution < 1.29 is 5.11 Å². The molecule has 0 aliphatic rings. The van der Waals surface area contributed by atoms with Crippen LogP contribution >= 0.6 is 0 Å². The summed E-state index contributed by atoms with van der Waals surface area (Å²) in [7, 11) is 0. The fourth-order valence-electron chi connectivity index (χ4n) is 1.63. The first-order valence-corrected chi connectivity index (χ1v) is 5.28. The summed E-state index contributed by atoms with van der Waals surface area (Å²) < 4.78 is 0. The lowest BCUT2D eigenvalue weighted by Crippen LogP contribution is -1.93. The van der Waals surface area contributed by atoms with Crippen LogP contribution in [-0.2, 0) is 6.42 Å². The summed E-state index contributed by atoms with van der Waals surface area (Å²) in [6.07, 6.45) is 0.510. The Morgan fingerprint density at radius 1 is 1.27 bits per heavy atom. The first-order chi connectivity index (χ1) is 7.20. The molecule has 1 aromatic heterocycles. The summed E-state index contributed by atoms with van der Waals surface area (Å²) in [5.74, 6) is 0. The first-order valence-electron chi connectivity index (χ1n) is 5.28. The Hall–Kier alpha value is -1.41. The van der Waals surface area contributed by atoms with E-state index in [1.165, 1.54) is 0 Å². The Labute approximate surface area is 89.6 Å². The standard InChI is InChI=1S/C13H15NO/c1-3-12-7-6-10-4-5-11(9(2)15)8-13(10)14-12/h4-9,15H,3H2,1-2H3/t9-/m1/s1. The summed E-state index contributed by atoms with van der Waals surface area (Å²) in [5.41, 5.74) is 2.97. The van der Waals surface area contributed by atoms with Crippen molar-refractivity contribution in [2.75, 3.05) is 0 Å². The van der Waals surface area contributed by atoms with E-state index in [9.17, 15) is 5.11 Å². The van der Waals surface area contributed by atoms with Crippen molar-refractivity contribution in [1.82, 2.24) is 4.98 Å². The van der Waals surface area contributed by atoms with Crippen molar-refractivity contribution in [3.05, 3.63) is 41.6 Å². The molecule has 0 radical (unpaired) electrons. The molecule has 2 nitrogen and oxygen atoms in total. The topological polar surface area (TPSA) is 33.1 Å². The SMILES string of the molecule is CCc1ccc2ccc([C@@H](C)O)cc2n1. The quantitative estimate of drug-likeness (QED) is 0.810. The minimum Gasteiger partial charge on any atom is -0.389 e. The maximum atomic E-state index is 9.48. The van der Waals surface area contributed by atoms with Crippen LogP contribution in [0, 0.1) is 0 Å². The molecule has 15 heavy (non-hydrogen) atoms. The lowest BCUT2D eigenvalue weighted by Gasteiger charge is -2.06. The smallest absolute Gasteiger partial charge is 0.0762 e. The van der Waals surface area contributed by atoms with E-state index >= 15 is 0 Å². The Bertz CT molecular complexity index is 477. The van der Waals surface area contributed by atoms with Crippen molar-refractivity contribution in [2.45, 2.75) is 26.4 Å². The number of aliphatic hydroxyl groups is 1. The predicted octanol–water partition coefficient (Wildman–Crippen LogP) is 2.85. The van der Waals surface area contributed by atoms with Gasteiger partial charge >= 0.3 is 0 Å². The highest BCUT2D eigenvalue weighted by Crippen LogP contribution is 2.19. The molecule has 1 aromatic carbocycles. The number of aryl methyl sites for hydroxylation is 1. The number of benzene rings is 1. The number of nitrogens with zero attached hydrogens (tertiary/aromatic N) is 1. The van der Waals surface area contributed by atoms with Gasteiger partial charge in [-0.05, 0) is 31.0 Å². The molecular weight excluding hydrogens is 186 g/mol. The molecule has 2 aromatic rings. The number of hydrogen-bond donors (Lipinski definition) is 1. The second-order valence-electron chi connectivity index (χ2n) is 3.78. The lowest BCUT2D eigenvalue weighted by atomic mass is 10.1. The molecule has 0 aliphatic heterocycles. The van der Waals surface area contributed by atoms with Gasteiger partial charge in [0.05, 0.1) is 11.6 Å². The zero-order valence-corrected chi connectivity index (χ0v) is 9.07. The number of aromatic nitrogens is 1. The molecule has 0 spiro atoms. The lowest BCUT2D eigenvalue weighted by molar-refractivity contribution is 0.199. The predicted molar refractivity (Wildman–Crippen MR) is 61.8 cm³/mol. The highest BCUT2D eigenvalue weighted by Gasteiger charge is 2.03. The van der Waals surface area contributed by atoms with Crippen LogP contribution in [0.2, 0.25) is 0 Å². The van der Waals surface area contributed by atoms with Crippen molar-refractivity contribution in [2.24, 2.45) is 0 Å². The summed E-state index contributed by atoms with van der Waals surface area (Å²) >= 11 is 0. The van der Waals surface area contributed by atoms with Gasteiger partial charge in [0.2, 0.25) is 0 Å². The van der Waals surface area contributed by atoms with E-state index < -0.39 is 6.10 Å². The molecule has 0 aliphatic carbocycles. The normalized spacial score (nSPS) is 13.0. The van der Waals surface area contributed by atoms with Crippen LogP contribution < -0.4 is 0 Å². The van der Waals surface area contributed by atoms with Crippen LogP contribution in [0.15, 0.2) is 30.3 Å². The van der Waals surface area contributed by atoms with E-state index in [1.807, 2.05) is 24.3 Å². The van der Waals surface area contributed by atoms with Gasteiger partial charge in [0.1, 0.15) is 0 Å². The Kier molecular flexibility index (Phi) is 2.69. The molecule has 1 heterocycles. The molecule has 0 amide bonds. The summed E-state index contributed by atoms with van der Waals surface area (Å²) in [5, 5.41) is 10.6. The molecule has 0 unspecified atom stereocenters. The number of fused-ring (bicyclic) bond motifs is 1. The van der Waals surface area contributed by atoms with E-state index in [0.29, 0.717) is 0 Å². The minimum atomic E-state index is -0.429. The third-order valence-corrected chi connectivity index (χ3v) is 2.62. The number of rotatable bonds is 2. The average molecular weight is 201 g/mol. The first kappa shape index (κ1) is 10.1. The molecule has 1 atom stereocenters. The van der Waals surface area contributed by atoms with Gasteiger partial charge in [0.15, 0.2) is 0 Å². The summed E-state index contributed by atoms with van der Waals surface area (Å²) in [6.45, 7) is 3.86. The van der Waals surface area contributed by atoms with E-state index in [2.05, 4.69) is 18.0 Å². The van der Waals surface area contributed by atoms with Crippen LogP contribution in [0.25, 0.3) is 10.9 Å². The van der Waals surface area contributed by atoms with Gasteiger partial charge in [-0.3, -0.25) is 4.98 Å². The van der Waals surface area contributed by atoms with Crippen molar-refractivity contribution in [3.63, 3.8) is 0 Å². The number of pyridine rings is 1. The maximum absolute atomic E-state index is 9.48. The Morgan fingerprint density at radius 2 is 2.00 bits per heavy atom. The van der Waals surface area contributed by atoms with E-state index in [0.717, 1.165) is 28.6 Å². The molecule has 0 saturated carbocycles. The monoisotopic (exact) mass is 201 g/mol. The molecule has 0 saturated heterocycles. The largest absolute Gasteiger partial charge is 0.389 e. The van der Waals surface area contributed by atoms with Crippen molar-refractivity contribution >= 4 is 10.9 Å². The highest BCUT2D eigenvalue weighted by atomic mass is 16.3. The van der Waals surface area contributed by atoms with Crippen molar-refractivity contribution in [1.29, 1.82) is 0 Å². The van der Waals surface area contributed by atoms with Crippen LogP contribution in [-0.4, -0.2) is 10.1 Å². The Morgan fingerprint density at radius 3 is 2.67 bits per heavy atom. The fraction of sp³-hybridized carbons (Fsp3) is 0.308. The van der Waals surface area contributed by atoms with Crippen molar-refractivity contribution in [3.8, 4) is 0 Å². The number of hydrogen-bond acceptors (Lipinski definition) is 2. The van der Waals surface area contributed by atoms with Crippen LogP contribution in [0.1, 0.15) is 31.2 Å². The summed E-state index contributed by atoms with van der Waals surface area (Å²) in [4.78, 5) is 4.53. The Balaban J connectivity index is 2.57. The van der Waals surface area contributed by atoms with Gasteiger partial charge in [0, 0.05) is 11.1 Å². The minimum absolute atomic E-state index is 0.429. The highest BCUT2D eigenvalue weighted by molar-refractivity contribution is 5.79. The molecular formula is C13H15NO. The zero-order valence-electron chi connectivity index (χ0n) is 9.07. The number of aliphatic hydroxyl groups excluding tert-OH is 1. The third-order valence-electron chi connectivity index (χ3n) is 2.62. The zero-order chi connectivity index (χ0) is 10.8. The van der Waals surface area contributed by atoms with E-state index in [4.69, 9.17) is 0 Å². The second kappa shape index (κ2) is 3.99. The van der Waals surface area contributed by atoms with Gasteiger partial charge in [-0.25, -0.2) is 0 Å². The maximum Gasteiger partial charge on any atom is 0.0762 e. The average Bonchev–Trinajstić information content (AvgIpc) is 2.27. The fourth-order valence-corrected chi connectivity index (χ4v) is 1.63. The van der Waals surface area contributed by atoms with Gasteiger partial charge in [-0.15, -0.1) is 0 Å². The van der Waals surface area contributed by atoms with Crippen LogP contribution in [0.3, 0.4) is 0 Å². The summed E-state index contributed by atoms with van der Waals surface area (Å²) in [6, 6.07) is 10.0. The molecule has 78 valence electrons. The van der Waals surface area contributed by atoms with Gasteiger partial charge < -0.3 is 5.11 Å². The second-order valence-corrected chi connectivity index (χ2v) is 3.78. The third kappa shape index (κ3) is 2.00. The van der Waals surface area contributed by atoms with Crippen LogP contribution in [0.4, 0.5) is 0 Å². The molecule has 0 fully saturated rings. The van der Waals surface area contributed by atoms with Crippen LogP contribution in [0.5, 0.6) is 0 Å². The van der Waals surface area contributed by atoms with E-state index in [-0.39, 0.29) is 0 Å². The van der Waals surface area contributed by atoms with E-state index in [1.54, 1.807) is 6.92 Å². The molecule has 2 heteroatoms. The van der Waals surface area contributed by atoms with Gasteiger partial charge in [-0.1, -0.05) is 25.1 Å². The molecule has 1 N–H and O–H groups in total. The molecule has 2 rings (SSSR count). The molecule has 0 bridgehead atoms. The van der Waals surface area contributed by atoms with Gasteiger partial charge in [0.25, 0.3) is 0 Å². The van der Waals surface area contributed by atoms with Gasteiger partial charge in [-0.2, -0.15) is 0 Å².